The van der Waals surface area contributed by atoms with E-state index in [4.69, 9.17) is 16.8 Å². The molecular weight excluding hydrogens is 515 g/mol. The Hall–Kier alpha value is -2.00. The second-order valence-electron chi connectivity index (χ2n) is 12.7. The summed E-state index contributed by atoms with van der Waals surface area (Å²) < 4.78 is 13.0. The first-order valence-electron chi connectivity index (χ1n) is 15.1. The predicted octanol–water partition coefficient (Wildman–Crippen LogP) is 9.39. The van der Waals surface area contributed by atoms with Crippen LogP contribution in [0.15, 0.2) is 72.8 Å². The zero-order valence-electron chi connectivity index (χ0n) is 23.5. The molecule has 1 aliphatic carbocycles. The van der Waals surface area contributed by atoms with Gasteiger partial charge in [-0.3, -0.25) is 0 Å². The SMILES string of the molecule is CC(C)[C@@H]1CC[C@@H](C)C[C@H]1O[P+]1([S-])N2c3c(ccc4c3N1[C@H](c1ccccc1)CC4)CC[C@H]2c1ccccc1. The maximum atomic E-state index is 7.63. The summed E-state index contributed by atoms with van der Waals surface area (Å²) in [6.45, 7) is 4.53. The van der Waals surface area contributed by atoms with Gasteiger partial charge in [0.25, 0.3) is 0 Å². The van der Waals surface area contributed by atoms with Crippen LogP contribution in [0.5, 0.6) is 0 Å². The van der Waals surface area contributed by atoms with Gasteiger partial charge in [0.2, 0.25) is 6.99 Å². The molecular formula is C34H41N2OPS. The molecule has 1 fully saturated rings. The summed E-state index contributed by atoms with van der Waals surface area (Å²) >= 11 is 7.05. The lowest BCUT2D eigenvalue weighted by Gasteiger charge is -2.50. The molecule has 5 atom stereocenters. The molecule has 3 nitrogen and oxygen atoms in total. The van der Waals surface area contributed by atoms with E-state index < -0.39 is 6.99 Å². The summed E-state index contributed by atoms with van der Waals surface area (Å²) in [6.07, 6.45) is 8.20. The van der Waals surface area contributed by atoms with Crippen LogP contribution in [-0.4, -0.2) is 6.10 Å². The van der Waals surface area contributed by atoms with E-state index in [1.807, 2.05) is 0 Å². The summed E-state index contributed by atoms with van der Waals surface area (Å²) in [5.41, 5.74) is 8.42. The van der Waals surface area contributed by atoms with Crippen molar-refractivity contribution in [3.05, 3.63) is 95.1 Å². The Kier molecular flexibility index (Phi) is 6.73. The zero-order valence-corrected chi connectivity index (χ0v) is 25.2. The molecule has 0 saturated heterocycles. The highest BCUT2D eigenvalue weighted by Gasteiger charge is 2.60. The largest absolute Gasteiger partial charge is 0.474 e. The fourth-order valence-corrected chi connectivity index (χ4v) is 12.6. The van der Waals surface area contributed by atoms with Crippen molar-refractivity contribution in [3.8, 4) is 0 Å². The second kappa shape index (κ2) is 10.1. The van der Waals surface area contributed by atoms with Gasteiger partial charge in [-0.1, -0.05) is 100.0 Å². The van der Waals surface area contributed by atoms with Crippen LogP contribution < -0.4 is 9.34 Å². The monoisotopic (exact) mass is 556 g/mol. The number of anilines is 2. The molecule has 0 bridgehead atoms. The van der Waals surface area contributed by atoms with Crippen LogP contribution in [0.3, 0.4) is 0 Å². The van der Waals surface area contributed by atoms with E-state index in [0.29, 0.717) is 17.8 Å². The molecule has 3 aromatic rings. The van der Waals surface area contributed by atoms with Crippen molar-refractivity contribution in [2.45, 2.75) is 83.9 Å². The number of nitrogens with zero attached hydrogens (tertiary/aromatic N) is 2. The lowest BCUT2D eigenvalue weighted by atomic mass is 9.75. The van der Waals surface area contributed by atoms with Gasteiger partial charge in [0.05, 0.1) is 12.1 Å². The van der Waals surface area contributed by atoms with E-state index >= 15 is 0 Å². The van der Waals surface area contributed by atoms with Crippen LogP contribution >= 0.6 is 6.99 Å². The minimum atomic E-state index is -2.64. The van der Waals surface area contributed by atoms with Crippen molar-refractivity contribution in [2.75, 3.05) is 9.34 Å². The molecule has 3 aliphatic heterocycles. The Bertz CT molecular complexity index is 1250. The Labute approximate surface area is 240 Å². The van der Waals surface area contributed by atoms with Gasteiger partial charge in [0, 0.05) is 0 Å². The fourth-order valence-electron chi connectivity index (χ4n) is 7.91. The number of benzene rings is 3. The van der Waals surface area contributed by atoms with E-state index in [1.54, 1.807) is 0 Å². The van der Waals surface area contributed by atoms with Gasteiger partial charge in [-0.25, -0.2) is 13.9 Å². The third kappa shape index (κ3) is 4.25. The lowest BCUT2D eigenvalue weighted by Crippen LogP contribution is -2.42. The molecule has 204 valence electrons. The highest BCUT2D eigenvalue weighted by atomic mass is 32.7. The average Bonchev–Trinajstić information content (AvgIpc) is 3.23. The van der Waals surface area contributed by atoms with Gasteiger partial charge >= 0.3 is 0 Å². The standard InChI is InChI=1S/C34H41N2OPS/c1-23(2)29-19-14-24(3)22-32(29)37-38(39)35-30(25-10-6-4-7-11-25)20-17-27-15-16-28-18-21-31(26-12-8-5-9-13-26)36(38)34(28)33(27)35/h4-13,15-16,23-24,29-32H,14,17-22H2,1-3H3/t24-,29+,30+,31+,32-/m1/s1. The highest BCUT2D eigenvalue weighted by molar-refractivity contribution is 8.41. The van der Waals surface area contributed by atoms with Crippen molar-refractivity contribution >= 4 is 30.6 Å². The first-order valence-corrected chi connectivity index (χ1v) is 17.7. The molecule has 39 heavy (non-hydrogen) atoms. The highest BCUT2D eigenvalue weighted by Crippen LogP contribution is 2.81. The van der Waals surface area contributed by atoms with E-state index in [-0.39, 0.29) is 18.2 Å². The molecule has 3 aromatic carbocycles. The molecule has 1 saturated carbocycles. The van der Waals surface area contributed by atoms with Gasteiger partial charge in [0.15, 0.2) is 0 Å². The van der Waals surface area contributed by atoms with Crippen molar-refractivity contribution in [2.24, 2.45) is 17.8 Å². The lowest BCUT2D eigenvalue weighted by molar-refractivity contribution is 0.0530. The molecule has 0 aromatic heterocycles. The molecule has 7 rings (SSSR count). The van der Waals surface area contributed by atoms with Crippen molar-refractivity contribution in [1.29, 1.82) is 0 Å². The number of hydrogen-bond donors (Lipinski definition) is 0. The molecule has 0 N–H and O–H groups in total. The quantitative estimate of drug-likeness (QED) is 0.230. The topological polar surface area (TPSA) is 15.7 Å². The minimum Gasteiger partial charge on any atom is -0.474 e. The maximum absolute atomic E-state index is 7.63. The van der Waals surface area contributed by atoms with Gasteiger partial charge in [0.1, 0.15) is 17.5 Å². The van der Waals surface area contributed by atoms with Crippen molar-refractivity contribution in [1.82, 2.24) is 0 Å². The maximum Gasteiger partial charge on any atom is 0.213 e. The smallest absolute Gasteiger partial charge is 0.213 e. The third-order valence-electron chi connectivity index (χ3n) is 9.89. The molecule has 0 radical (unpaired) electrons. The summed E-state index contributed by atoms with van der Waals surface area (Å²) in [7, 11) is 0. The molecule has 0 spiro atoms. The van der Waals surface area contributed by atoms with Gasteiger partial charge in [-0.2, -0.15) is 0 Å². The van der Waals surface area contributed by atoms with Crippen molar-refractivity contribution in [3.63, 3.8) is 0 Å². The van der Waals surface area contributed by atoms with E-state index in [0.717, 1.165) is 32.1 Å². The Morgan fingerprint density at radius 3 is 1.74 bits per heavy atom. The molecule has 3 heterocycles. The number of hydrogen-bond acceptors (Lipinski definition) is 4. The van der Waals surface area contributed by atoms with E-state index in [2.05, 4.69) is 103 Å². The zero-order chi connectivity index (χ0) is 26.7. The summed E-state index contributed by atoms with van der Waals surface area (Å²) in [6, 6.07) is 27.5. The molecule has 0 amide bonds. The minimum absolute atomic E-state index is 0.206. The first kappa shape index (κ1) is 25.9. The Morgan fingerprint density at radius 2 is 1.26 bits per heavy atom. The van der Waals surface area contributed by atoms with E-state index in [1.165, 1.54) is 46.5 Å². The normalized spacial score (nSPS) is 29.0. The van der Waals surface area contributed by atoms with Crippen LogP contribution in [0.2, 0.25) is 0 Å². The summed E-state index contributed by atoms with van der Waals surface area (Å²) in [5.74, 6) is 1.83. The molecule has 4 aliphatic rings. The van der Waals surface area contributed by atoms with Gasteiger partial charge < -0.3 is 12.2 Å². The van der Waals surface area contributed by atoms with Crippen LogP contribution in [-0.2, 0) is 29.6 Å². The average molecular weight is 557 g/mol. The predicted molar refractivity (Wildman–Crippen MR) is 167 cm³/mol. The van der Waals surface area contributed by atoms with Gasteiger partial charge in [-0.15, -0.1) is 0 Å². The fraction of sp³-hybridized carbons (Fsp3) is 0.471. The first-order chi connectivity index (χ1) is 19.0. The Morgan fingerprint density at radius 1 is 0.744 bits per heavy atom. The Balaban J connectivity index is 1.42. The van der Waals surface area contributed by atoms with E-state index in [9.17, 15) is 0 Å². The summed E-state index contributed by atoms with van der Waals surface area (Å²) in [4.78, 5) is 0. The second-order valence-corrected chi connectivity index (χ2v) is 16.1. The van der Waals surface area contributed by atoms with Gasteiger partial charge in [-0.05, 0) is 78.5 Å². The van der Waals surface area contributed by atoms with Crippen LogP contribution in [0.4, 0.5) is 11.4 Å². The van der Waals surface area contributed by atoms with Crippen LogP contribution in [0, 0.1) is 17.8 Å². The van der Waals surface area contributed by atoms with Crippen LogP contribution in [0.25, 0.3) is 0 Å². The molecule has 5 heteroatoms. The third-order valence-corrected chi connectivity index (χ3v) is 13.8. The van der Waals surface area contributed by atoms with Crippen LogP contribution in [0.1, 0.15) is 87.2 Å². The summed E-state index contributed by atoms with van der Waals surface area (Å²) in [5, 5.41) is 0. The number of rotatable bonds is 5. The van der Waals surface area contributed by atoms with Crippen molar-refractivity contribution < 1.29 is 4.52 Å². The molecule has 0 unspecified atom stereocenters. The number of aryl methyl sites for hydroxylation is 2.